The summed E-state index contributed by atoms with van der Waals surface area (Å²) in [5, 5.41) is 0.759. The minimum absolute atomic E-state index is 0.759. The van der Waals surface area contributed by atoms with Gasteiger partial charge in [-0.25, -0.2) is 0 Å². The summed E-state index contributed by atoms with van der Waals surface area (Å²) in [5.41, 5.74) is 4.95. The van der Waals surface area contributed by atoms with Crippen LogP contribution in [0.5, 0.6) is 5.75 Å². The standard InChI is InChI=1S/C23H21ClO/c1-25-22-16-10-18(11-17-22)6-5-9-23(19-7-3-2-4-8-19)20-12-14-21(24)15-13-20/h2-4,7-17H,5-6H2,1H3. The molecule has 0 radical (unpaired) electrons. The molecule has 0 fully saturated rings. The van der Waals surface area contributed by atoms with Crippen molar-refractivity contribution in [2.45, 2.75) is 12.8 Å². The lowest BCUT2D eigenvalue weighted by atomic mass is 9.96. The first-order valence-corrected chi connectivity index (χ1v) is 8.78. The average molecular weight is 349 g/mol. The van der Waals surface area contributed by atoms with Gasteiger partial charge in [-0.15, -0.1) is 0 Å². The fourth-order valence-electron chi connectivity index (χ4n) is 2.82. The molecule has 0 aliphatic heterocycles. The highest BCUT2D eigenvalue weighted by Crippen LogP contribution is 2.25. The van der Waals surface area contributed by atoms with Crippen molar-refractivity contribution < 1.29 is 4.74 Å². The summed E-state index contributed by atoms with van der Waals surface area (Å²) >= 11 is 6.04. The first-order valence-electron chi connectivity index (χ1n) is 8.41. The molecule has 0 aliphatic carbocycles. The van der Waals surface area contributed by atoms with Crippen LogP contribution in [-0.2, 0) is 6.42 Å². The Morgan fingerprint density at radius 3 is 2.12 bits per heavy atom. The molecule has 0 aromatic heterocycles. The Hall–Kier alpha value is -2.51. The second kappa shape index (κ2) is 8.55. The van der Waals surface area contributed by atoms with Gasteiger partial charge in [0.15, 0.2) is 0 Å². The van der Waals surface area contributed by atoms with Gasteiger partial charge in [0.25, 0.3) is 0 Å². The zero-order valence-corrected chi connectivity index (χ0v) is 15.0. The van der Waals surface area contributed by atoms with E-state index in [1.807, 2.05) is 30.3 Å². The highest BCUT2D eigenvalue weighted by Gasteiger charge is 2.05. The molecule has 25 heavy (non-hydrogen) atoms. The van der Waals surface area contributed by atoms with Crippen molar-refractivity contribution in [2.75, 3.05) is 7.11 Å². The molecule has 0 spiro atoms. The molecule has 0 heterocycles. The third-order valence-electron chi connectivity index (χ3n) is 4.18. The smallest absolute Gasteiger partial charge is 0.118 e. The minimum atomic E-state index is 0.759. The lowest BCUT2D eigenvalue weighted by molar-refractivity contribution is 0.414. The SMILES string of the molecule is COc1ccc(CCC=C(c2ccccc2)c2ccc(Cl)cc2)cc1. The van der Waals surface area contributed by atoms with E-state index in [0.29, 0.717) is 0 Å². The van der Waals surface area contributed by atoms with E-state index in [0.717, 1.165) is 23.6 Å². The normalized spacial score (nSPS) is 11.4. The molecular formula is C23H21ClO. The number of rotatable bonds is 6. The molecule has 2 heteroatoms. The van der Waals surface area contributed by atoms with Crippen molar-refractivity contribution >= 4 is 17.2 Å². The van der Waals surface area contributed by atoms with Gasteiger partial charge in [0.05, 0.1) is 7.11 Å². The Labute approximate surface area is 154 Å². The lowest BCUT2D eigenvalue weighted by Crippen LogP contribution is -1.90. The van der Waals surface area contributed by atoms with Gasteiger partial charge in [0.1, 0.15) is 5.75 Å². The Balaban J connectivity index is 1.81. The van der Waals surface area contributed by atoms with Crippen molar-refractivity contribution in [1.82, 2.24) is 0 Å². The predicted octanol–water partition coefficient (Wildman–Crippen LogP) is 6.41. The molecular weight excluding hydrogens is 328 g/mol. The molecule has 0 bridgehead atoms. The van der Waals surface area contributed by atoms with Gasteiger partial charge in [-0.1, -0.05) is 72.3 Å². The number of ether oxygens (including phenoxy) is 1. The highest BCUT2D eigenvalue weighted by molar-refractivity contribution is 6.30. The third kappa shape index (κ3) is 4.74. The van der Waals surface area contributed by atoms with Crippen LogP contribution in [0.3, 0.4) is 0 Å². The maximum atomic E-state index is 6.04. The molecule has 0 aliphatic rings. The summed E-state index contributed by atoms with van der Waals surface area (Å²) in [6, 6.07) is 26.8. The first-order chi connectivity index (χ1) is 12.3. The zero-order valence-electron chi connectivity index (χ0n) is 14.3. The van der Waals surface area contributed by atoms with Crippen molar-refractivity contribution in [3.05, 3.63) is 107 Å². The van der Waals surface area contributed by atoms with Gasteiger partial charge in [-0.3, -0.25) is 0 Å². The largest absolute Gasteiger partial charge is 0.497 e. The maximum Gasteiger partial charge on any atom is 0.118 e. The molecule has 1 nitrogen and oxygen atoms in total. The number of methoxy groups -OCH3 is 1. The number of hydrogen-bond donors (Lipinski definition) is 0. The number of allylic oxidation sites excluding steroid dienone is 1. The number of benzene rings is 3. The van der Waals surface area contributed by atoms with Crippen molar-refractivity contribution in [2.24, 2.45) is 0 Å². The van der Waals surface area contributed by atoms with Crippen LogP contribution in [0.1, 0.15) is 23.1 Å². The second-order valence-corrected chi connectivity index (χ2v) is 6.31. The average Bonchev–Trinajstić information content (AvgIpc) is 2.67. The molecule has 0 N–H and O–H groups in total. The fourth-order valence-corrected chi connectivity index (χ4v) is 2.95. The van der Waals surface area contributed by atoms with E-state index < -0.39 is 0 Å². The fraction of sp³-hybridized carbons (Fsp3) is 0.130. The van der Waals surface area contributed by atoms with Gasteiger partial charge in [0, 0.05) is 5.02 Å². The van der Waals surface area contributed by atoms with E-state index in [4.69, 9.17) is 16.3 Å². The summed E-state index contributed by atoms with van der Waals surface area (Å²) in [6.07, 6.45) is 4.27. The van der Waals surface area contributed by atoms with Crippen LogP contribution in [0.2, 0.25) is 5.02 Å². The Morgan fingerprint density at radius 1 is 0.840 bits per heavy atom. The molecule has 0 amide bonds. The van der Waals surface area contributed by atoms with Crippen molar-refractivity contribution in [3.63, 3.8) is 0 Å². The monoisotopic (exact) mass is 348 g/mol. The molecule has 3 aromatic rings. The van der Waals surface area contributed by atoms with Gasteiger partial charge in [-0.2, -0.15) is 0 Å². The second-order valence-electron chi connectivity index (χ2n) is 5.88. The van der Waals surface area contributed by atoms with Crippen LogP contribution in [-0.4, -0.2) is 7.11 Å². The van der Waals surface area contributed by atoms with Crippen LogP contribution in [0.4, 0.5) is 0 Å². The molecule has 0 saturated heterocycles. The quantitative estimate of drug-likeness (QED) is 0.500. The van der Waals surface area contributed by atoms with Crippen LogP contribution in [0.15, 0.2) is 84.9 Å². The van der Waals surface area contributed by atoms with Gasteiger partial charge in [0.2, 0.25) is 0 Å². The topological polar surface area (TPSA) is 9.23 Å². The van der Waals surface area contributed by atoms with Crippen molar-refractivity contribution in [1.29, 1.82) is 0 Å². The van der Waals surface area contributed by atoms with Crippen LogP contribution >= 0.6 is 11.6 Å². The summed E-state index contributed by atoms with van der Waals surface area (Å²) in [6.45, 7) is 0. The van der Waals surface area contributed by atoms with Crippen molar-refractivity contribution in [3.8, 4) is 5.75 Å². The van der Waals surface area contributed by atoms with Crippen LogP contribution in [0, 0.1) is 0 Å². The molecule has 126 valence electrons. The summed E-state index contributed by atoms with van der Waals surface area (Å²) in [4.78, 5) is 0. The van der Waals surface area contributed by atoms with E-state index in [2.05, 4.69) is 54.6 Å². The van der Waals surface area contributed by atoms with E-state index in [-0.39, 0.29) is 0 Å². The van der Waals surface area contributed by atoms with Crippen LogP contribution < -0.4 is 4.74 Å². The van der Waals surface area contributed by atoms with Gasteiger partial charge >= 0.3 is 0 Å². The van der Waals surface area contributed by atoms with E-state index in [1.165, 1.54) is 22.3 Å². The van der Waals surface area contributed by atoms with E-state index >= 15 is 0 Å². The molecule has 3 rings (SSSR count). The van der Waals surface area contributed by atoms with Crippen LogP contribution in [0.25, 0.3) is 5.57 Å². The summed E-state index contributed by atoms with van der Waals surface area (Å²) in [5.74, 6) is 0.894. The number of hydrogen-bond acceptors (Lipinski definition) is 1. The number of aryl methyl sites for hydroxylation is 1. The minimum Gasteiger partial charge on any atom is -0.497 e. The Kier molecular flexibility index (Phi) is 5.92. The summed E-state index contributed by atoms with van der Waals surface area (Å²) in [7, 11) is 1.69. The molecule has 0 saturated carbocycles. The van der Waals surface area contributed by atoms with Gasteiger partial charge < -0.3 is 4.74 Å². The maximum absolute atomic E-state index is 6.04. The Morgan fingerprint density at radius 2 is 1.48 bits per heavy atom. The molecule has 0 atom stereocenters. The number of halogens is 1. The lowest BCUT2D eigenvalue weighted by Gasteiger charge is -2.09. The predicted molar refractivity (Wildman–Crippen MR) is 106 cm³/mol. The summed E-state index contributed by atoms with van der Waals surface area (Å²) < 4.78 is 5.21. The van der Waals surface area contributed by atoms with E-state index in [1.54, 1.807) is 7.11 Å². The highest BCUT2D eigenvalue weighted by atomic mass is 35.5. The van der Waals surface area contributed by atoms with E-state index in [9.17, 15) is 0 Å². The first kappa shape index (κ1) is 17.3. The third-order valence-corrected chi connectivity index (χ3v) is 4.43. The Bertz CT molecular complexity index is 818. The van der Waals surface area contributed by atoms with Gasteiger partial charge in [-0.05, 0) is 59.4 Å². The molecule has 0 unspecified atom stereocenters. The zero-order chi connectivity index (χ0) is 17.5. The molecule has 3 aromatic carbocycles.